The molecule has 0 bridgehead atoms. The van der Waals surface area contributed by atoms with Crippen molar-refractivity contribution in [1.29, 1.82) is 0 Å². The van der Waals surface area contributed by atoms with Crippen molar-refractivity contribution in [2.45, 2.75) is 32.4 Å². The Morgan fingerprint density at radius 1 is 1.19 bits per heavy atom. The van der Waals surface area contributed by atoms with Gasteiger partial charge in [0.2, 0.25) is 5.91 Å². The third-order valence-corrected chi connectivity index (χ3v) is 4.04. The van der Waals surface area contributed by atoms with Crippen LogP contribution in [0.4, 0.5) is 18.9 Å². The zero-order valence-electron chi connectivity index (χ0n) is 14.6. The van der Waals surface area contributed by atoms with Gasteiger partial charge in [-0.1, -0.05) is 11.6 Å². The zero-order chi connectivity index (χ0) is 20.0. The predicted octanol–water partition coefficient (Wildman–Crippen LogP) is 5.56. The van der Waals surface area contributed by atoms with Gasteiger partial charge in [-0.15, -0.1) is 0 Å². The maximum absolute atomic E-state index is 12.5. The minimum atomic E-state index is -4.40. The molecule has 1 amide bonds. The van der Waals surface area contributed by atoms with Gasteiger partial charge in [-0.25, -0.2) is 0 Å². The standard InChI is InChI=1S/C19H19ClF3NO3/c1-12-10-15(25)11-16(20)18(12)27-9-3-2-4-17(26)24-14-7-5-13(6-8-14)19(21,22)23/h5-8,10-11,25H,2-4,9H2,1H3,(H,24,26). The summed E-state index contributed by atoms with van der Waals surface area (Å²) in [5.74, 6) is 0.266. The lowest BCUT2D eigenvalue weighted by Crippen LogP contribution is -2.12. The summed E-state index contributed by atoms with van der Waals surface area (Å²) < 4.78 is 43.1. The smallest absolute Gasteiger partial charge is 0.416 e. The van der Waals surface area contributed by atoms with Crippen molar-refractivity contribution in [1.82, 2.24) is 0 Å². The van der Waals surface area contributed by atoms with E-state index in [4.69, 9.17) is 16.3 Å². The van der Waals surface area contributed by atoms with Gasteiger partial charge < -0.3 is 15.2 Å². The number of carbonyl (C=O) groups excluding carboxylic acids is 1. The van der Waals surface area contributed by atoms with Crippen molar-refractivity contribution >= 4 is 23.2 Å². The van der Waals surface area contributed by atoms with Crippen LogP contribution >= 0.6 is 11.6 Å². The molecule has 2 rings (SSSR count). The Bertz CT molecular complexity index is 769. The van der Waals surface area contributed by atoms with Crippen molar-refractivity contribution in [2.75, 3.05) is 11.9 Å². The lowest BCUT2D eigenvalue weighted by molar-refractivity contribution is -0.137. The molecule has 27 heavy (non-hydrogen) atoms. The molecule has 4 nitrogen and oxygen atoms in total. The molecule has 2 N–H and O–H groups in total. The number of anilines is 1. The van der Waals surface area contributed by atoms with Crippen LogP contribution in [0.5, 0.6) is 11.5 Å². The number of nitrogens with one attached hydrogen (secondary N) is 1. The van der Waals surface area contributed by atoms with E-state index < -0.39 is 11.7 Å². The number of benzene rings is 2. The van der Waals surface area contributed by atoms with Crippen LogP contribution in [0.3, 0.4) is 0 Å². The largest absolute Gasteiger partial charge is 0.508 e. The maximum atomic E-state index is 12.5. The molecule has 2 aromatic rings. The first-order valence-corrected chi connectivity index (χ1v) is 8.63. The number of rotatable bonds is 7. The number of ether oxygens (including phenoxy) is 1. The Hall–Kier alpha value is -2.41. The fourth-order valence-corrected chi connectivity index (χ4v) is 2.74. The monoisotopic (exact) mass is 401 g/mol. The van der Waals surface area contributed by atoms with E-state index in [-0.39, 0.29) is 18.1 Å². The quantitative estimate of drug-likeness (QED) is 0.597. The molecule has 2 aromatic carbocycles. The van der Waals surface area contributed by atoms with Gasteiger partial charge in [-0.05, 0) is 55.7 Å². The first-order valence-electron chi connectivity index (χ1n) is 8.26. The molecule has 0 radical (unpaired) electrons. The van der Waals surface area contributed by atoms with E-state index in [1.807, 2.05) is 0 Å². The number of carbonyl (C=O) groups is 1. The third kappa shape index (κ3) is 6.36. The number of phenols is 1. The summed E-state index contributed by atoms with van der Waals surface area (Å²) >= 11 is 6.01. The molecular weight excluding hydrogens is 383 g/mol. The number of hydrogen-bond acceptors (Lipinski definition) is 3. The predicted molar refractivity (Wildman–Crippen MR) is 97.3 cm³/mol. The van der Waals surface area contributed by atoms with Crippen LogP contribution < -0.4 is 10.1 Å². The first kappa shape index (κ1) is 20.9. The minimum Gasteiger partial charge on any atom is -0.508 e. The van der Waals surface area contributed by atoms with Gasteiger partial charge in [0.25, 0.3) is 0 Å². The topological polar surface area (TPSA) is 58.6 Å². The highest BCUT2D eigenvalue weighted by Crippen LogP contribution is 2.32. The number of unbranched alkanes of at least 4 members (excludes halogenated alkanes) is 1. The molecule has 0 saturated heterocycles. The summed E-state index contributed by atoms with van der Waals surface area (Å²) in [4.78, 5) is 11.9. The molecule has 0 aliphatic heterocycles. The van der Waals surface area contributed by atoms with Crippen LogP contribution in [-0.4, -0.2) is 17.6 Å². The van der Waals surface area contributed by atoms with Gasteiger partial charge in [0.05, 0.1) is 17.2 Å². The molecule has 0 spiro atoms. The highest BCUT2D eigenvalue weighted by Gasteiger charge is 2.29. The summed E-state index contributed by atoms with van der Waals surface area (Å²) in [7, 11) is 0. The summed E-state index contributed by atoms with van der Waals surface area (Å²) in [5.41, 5.74) is 0.261. The Labute approximate surface area is 159 Å². The van der Waals surface area contributed by atoms with Crippen molar-refractivity contribution in [2.24, 2.45) is 0 Å². The Balaban J connectivity index is 1.72. The number of amides is 1. The van der Waals surface area contributed by atoms with E-state index in [0.29, 0.717) is 41.5 Å². The summed E-state index contributed by atoms with van der Waals surface area (Å²) in [6, 6.07) is 7.22. The molecule has 0 heterocycles. The summed E-state index contributed by atoms with van der Waals surface area (Å²) in [6.07, 6.45) is -3.05. The third-order valence-electron chi connectivity index (χ3n) is 3.75. The number of aryl methyl sites for hydroxylation is 1. The van der Waals surface area contributed by atoms with E-state index in [1.54, 1.807) is 13.0 Å². The van der Waals surface area contributed by atoms with Gasteiger partial charge >= 0.3 is 6.18 Å². The zero-order valence-corrected chi connectivity index (χ0v) is 15.3. The number of aromatic hydroxyl groups is 1. The molecule has 0 unspecified atom stereocenters. The van der Waals surface area contributed by atoms with Crippen LogP contribution in [0.15, 0.2) is 36.4 Å². The van der Waals surface area contributed by atoms with Gasteiger partial charge in [0.1, 0.15) is 11.5 Å². The Morgan fingerprint density at radius 3 is 2.44 bits per heavy atom. The lowest BCUT2D eigenvalue weighted by atomic mass is 10.2. The molecule has 0 aliphatic rings. The number of alkyl halides is 3. The second-order valence-electron chi connectivity index (χ2n) is 6.00. The summed E-state index contributed by atoms with van der Waals surface area (Å²) in [5, 5.41) is 12.3. The Kier molecular flexibility index (Phi) is 6.96. The van der Waals surface area contributed by atoms with Gasteiger partial charge in [-0.2, -0.15) is 13.2 Å². The molecule has 0 fully saturated rings. The number of hydrogen-bond donors (Lipinski definition) is 2. The molecule has 0 aromatic heterocycles. The van der Waals surface area contributed by atoms with E-state index in [1.165, 1.54) is 18.2 Å². The lowest BCUT2D eigenvalue weighted by Gasteiger charge is -2.11. The van der Waals surface area contributed by atoms with E-state index >= 15 is 0 Å². The Morgan fingerprint density at radius 2 is 1.85 bits per heavy atom. The van der Waals surface area contributed by atoms with Crippen molar-refractivity contribution in [3.8, 4) is 11.5 Å². The van der Waals surface area contributed by atoms with Crippen LogP contribution in [0.2, 0.25) is 5.02 Å². The van der Waals surface area contributed by atoms with Gasteiger partial charge in [0.15, 0.2) is 0 Å². The molecular formula is C19H19ClF3NO3. The highest BCUT2D eigenvalue weighted by molar-refractivity contribution is 6.32. The molecule has 8 heteroatoms. The SMILES string of the molecule is Cc1cc(O)cc(Cl)c1OCCCCC(=O)Nc1ccc(C(F)(F)F)cc1. The van der Waals surface area contributed by atoms with Crippen LogP contribution in [0, 0.1) is 6.92 Å². The van der Waals surface area contributed by atoms with Crippen molar-refractivity contribution in [3.05, 3.63) is 52.5 Å². The van der Waals surface area contributed by atoms with E-state index in [0.717, 1.165) is 12.1 Å². The molecule has 146 valence electrons. The average Bonchev–Trinajstić information content (AvgIpc) is 2.56. The fraction of sp³-hybridized carbons (Fsp3) is 0.316. The van der Waals surface area contributed by atoms with Crippen LogP contribution in [-0.2, 0) is 11.0 Å². The fourth-order valence-electron chi connectivity index (χ4n) is 2.42. The molecule has 0 aliphatic carbocycles. The minimum absolute atomic E-state index is 0.0600. The number of halogens is 4. The van der Waals surface area contributed by atoms with Crippen LogP contribution in [0.25, 0.3) is 0 Å². The van der Waals surface area contributed by atoms with E-state index in [2.05, 4.69) is 5.32 Å². The van der Waals surface area contributed by atoms with Crippen molar-refractivity contribution < 1.29 is 27.8 Å². The normalized spacial score (nSPS) is 11.3. The molecule has 0 atom stereocenters. The number of phenolic OH excluding ortho intramolecular Hbond substituents is 1. The van der Waals surface area contributed by atoms with Gasteiger partial charge in [0, 0.05) is 18.2 Å². The second kappa shape index (κ2) is 8.99. The van der Waals surface area contributed by atoms with Crippen LogP contribution in [0.1, 0.15) is 30.4 Å². The highest BCUT2D eigenvalue weighted by atomic mass is 35.5. The second-order valence-corrected chi connectivity index (χ2v) is 6.41. The maximum Gasteiger partial charge on any atom is 0.416 e. The summed E-state index contributed by atoms with van der Waals surface area (Å²) in [6.45, 7) is 2.11. The molecule has 0 saturated carbocycles. The van der Waals surface area contributed by atoms with Gasteiger partial charge in [-0.3, -0.25) is 4.79 Å². The van der Waals surface area contributed by atoms with Crippen molar-refractivity contribution in [3.63, 3.8) is 0 Å². The average molecular weight is 402 g/mol. The first-order chi connectivity index (χ1) is 12.7. The van der Waals surface area contributed by atoms with E-state index in [9.17, 15) is 23.1 Å².